The van der Waals surface area contributed by atoms with Crippen LogP contribution >= 0.6 is 22.9 Å². The van der Waals surface area contributed by atoms with E-state index in [1.807, 2.05) is 54.4 Å². The third-order valence-corrected chi connectivity index (χ3v) is 7.86. The molecule has 0 spiro atoms. The lowest BCUT2D eigenvalue weighted by atomic mass is 10.2. The minimum Gasteiger partial charge on any atom is -0.491 e. The molecular weight excluding hydrogens is 536 g/mol. The van der Waals surface area contributed by atoms with Gasteiger partial charge >= 0.3 is 0 Å². The van der Waals surface area contributed by atoms with Crippen LogP contribution in [0, 0.1) is 6.92 Å². The van der Waals surface area contributed by atoms with E-state index in [4.69, 9.17) is 21.1 Å². The zero-order valence-electron chi connectivity index (χ0n) is 21.9. The second-order valence-corrected chi connectivity index (χ2v) is 11.3. The molecule has 0 aliphatic carbocycles. The van der Waals surface area contributed by atoms with Crippen molar-refractivity contribution in [1.29, 1.82) is 0 Å². The van der Waals surface area contributed by atoms with E-state index in [1.54, 1.807) is 40.6 Å². The van der Waals surface area contributed by atoms with Gasteiger partial charge in [-0.25, -0.2) is 15.0 Å². The van der Waals surface area contributed by atoms with Gasteiger partial charge in [-0.05, 0) is 74.5 Å². The molecule has 8 nitrogen and oxygen atoms in total. The molecule has 1 aliphatic rings. The first-order chi connectivity index (χ1) is 18.9. The van der Waals surface area contributed by atoms with Crippen molar-refractivity contribution >= 4 is 45.3 Å². The Kier molecular flexibility index (Phi) is 8.64. The minimum atomic E-state index is -0.637. The van der Waals surface area contributed by atoms with E-state index in [0.717, 1.165) is 27.3 Å². The molecule has 1 fully saturated rings. The van der Waals surface area contributed by atoms with Gasteiger partial charge in [-0.15, -0.1) is 11.3 Å². The second kappa shape index (κ2) is 12.3. The smallest absolute Gasteiger partial charge is 0.228 e. The third-order valence-electron chi connectivity index (χ3n) is 6.65. The highest BCUT2D eigenvalue weighted by molar-refractivity contribution is 7.18. The summed E-state index contributed by atoms with van der Waals surface area (Å²) in [4.78, 5) is 18.8. The van der Waals surface area contributed by atoms with E-state index in [2.05, 4.69) is 16.8 Å². The molecule has 0 unspecified atom stereocenters. The number of carbonyl (C=O) groups excluding carboxylic acids is 1. The van der Waals surface area contributed by atoms with Gasteiger partial charge in [-0.3, -0.25) is 9.69 Å². The number of hydrazine groups is 1. The van der Waals surface area contributed by atoms with Crippen LogP contribution in [0.1, 0.15) is 11.9 Å². The summed E-state index contributed by atoms with van der Waals surface area (Å²) in [6.07, 6.45) is 0.197. The van der Waals surface area contributed by atoms with E-state index in [1.165, 1.54) is 0 Å². The number of ether oxygens (including phenoxy) is 2. The molecule has 10 heteroatoms. The number of rotatable bonds is 10. The first kappa shape index (κ1) is 27.4. The van der Waals surface area contributed by atoms with Gasteiger partial charge < -0.3 is 14.6 Å². The molecule has 2 atom stereocenters. The standard InChI is InChI=1S/C29H31ClN4O4S/c1-20-16-33(34(19-35)23-5-9-26(10-6-23)38-25-7-3-22(30)4-8-25)14-13-32(20)17-24(36)18-37-27-11-12-29-28(15-27)31-21(2)39-29/h3-12,15,19-20,24,36H,13-14,16-18H2,1-2H3/t20-,24+/m0/s1. The van der Waals surface area contributed by atoms with Crippen LogP contribution in [-0.4, -0.2) is 71.3 Å². The van der Waals surface area contributed by atoms with Gasteiger partial charge in [-0.2, -0.15) is 0 Å². The highest BCUT2D eigenvalue weighted by atomic mass is 35.5. The van der Waals surface area contributed by atoms with Crippen LogP contribution in [0.25, 0.3) is 10.2 Å². The van der Waals surface area contributed by atoms with Gasteiger partial charge in [0.1, 0.15) is 30.0 Å². The number of thiazole rings is 1. The van der Waals surface area contributed by atoms with Crippen LogP contribution < -0.4 is 14.5 Å². The Bertz CT molecular complexity index is 1400. The maximum absolute atomic E-state index is 12.0. The number of amides is 1. The molecule has 0 bridgehead atoms. The lowest BCUT2D eigenvalue weighted by Crippen LogP contribution is -2.58. The van der Waals surface area contributed by atoms with Gasteiger partial charge in [0.2, 0.25) is 6.41 Å². The molecule has 1 aliphatic heterocycles. The fourth-order valence-corrected chi connectivity index (χ4v) is 5.60. The van der Waals surface area contributed by atoms with Gasteiger partial charge in [-0.1, -0.05) is 11.6 Å². The molecule has 1 aromatic heterocycles. The lowest BCUT2D eigenvalue weighted by Gasteiger charge is -2.43. The Morgan fingerprint density at radius 1 is 1.10 bits per heavy atom. The maximum atomic E-state index is 12.0. The molecule has 1 saturated heterocycles. The number of β-amino-alcohol motifs (C(OH)–C–C–N with tert-alkyl or cyclic N) is 1. The number of hydrogen-bond acceptors (Lipinski definition) is 8. The summed E-state index contributed by atoms with van der Waals surface area (Å²) in [6.45, 7) is 6.79. The summed E-state index contributed by atoms with van der Waals surface area (Å²) in [6, 6.07) is 20.5. The van der Waals surface area contributed by atoms with Crippen molar-refractivity contribution in [2.45, 2.75) is 26.0 Å². The molecule has 1 amide bonds. The Labute approximate surface area is 236 Å². The van der Waals surface area contributed by atoms with E-state index >= 15 is 0 Å². The van der Waals surface area contributed by atoms with Gasteiger partial charge in [0.25, 0.3) is 0 Å². The molecule has 3 aromatic carbocycles. The van der Waals surface area contributed by atoms with Crippen LogP contribution in [0.3, 0.4) is 0 Å². The number of piperazine rings is 1. The molecule has 204 valence electrons. The average molecular weight is 567 g/mol. The van der Waals surface area contributed by atoms with Crippen molar-refractivity contribution < 1.29 is 19.4 Å². The number of aryl methyl sites for hydroxylation is 1. The van der Waals surface area contributed by atoms with E-state index in [0.29, 0.717) is 48.5 Å². The number of aliphatic hydroxyl groups is 1. The maximum Gasteiger partial charge on any atom is 0.228 e. The molecule has 5 rings (SSSR count). The van der Waals surface area contributed by atoms with Crippen LogP contribution in [0.4, 0.5) is 5.69 Å². The topological polar surface area (TPSA) is 78.4 Å². The largest absolute Gasteiger partial charge is 0.491 e. The summed E-state index contributed by atoms with van der Waals surface area (Å²) in [7, 11) is 0. The number of carbonyl (C=O) groups is 1. The predicted octanol–water partition coefficient (Wildman–Crippen LogP) is 5.37. The summed E-state index contributed by atoms with van der Waals surface area (Å²) in [5.41, 5.74) is 1.67. The Morgan fingerprint density at radius 3 is 2.49 bits per heavy atom. The van der Waals surface area contributed by atoms with Crippen molar-refractivity contribution in [2.24, 2.45) is 0 Å². The molecule has 2 heterocycles. The molecule has 0 radical (unpaired) electrons. The van der Waals surface area contributed by atoms with Crippen LogP contribution in [0.2, 0.25) is 5.02 Å². The fraction of sp³-hybridized carbons (Fsp3) is 0.310. The van der Waals surface area contributed by atoms with Gasteiger partial charge in [0, 0.05) is 43.3 Å². The third kappa shape index (κ3) is 6.87. The number of aliphatic hydroxyl groups excluding tert-OH is 1. The van der Waals surface area contributed by atoms with E-state index in [9.17, 15) is 9.90 Å². The lowest BCUT2D eigenvalue weighted by molar-refractivity contribution is -0.111. The van der Waals surface area contributed by atoms with Crippen molar-refractivity contribution in [3.63, 3.8) is 0 Å². The van der Waals surface area contributed by atoms with Crippen molar-refractivity contribution in [2.75, 3.05) is 37.8 Å². The van der Waals surface area contributed by atoms with E-state index < -0.39 is 6.10 Å². The SMILES string of the molecule is Cc1nc2cc(OC[C@H](O)CN3CCN(N(C=O)c4ccc(Oc5ccc(Cl)cc5)cc4)C[C@@H]3C)ccc2s1. The van der Waals surface area contributed by atoms with Crippen LogP contribution in [-0.2, 0) is 4.79 Å². The number of aromatic nitrogens is 1. The number of nitrogens with zero attached hydrogens (tertiary/aromatic N) is 4. The van der Waals surface area contributed by atoms with Crippen molar-refractivity contribution in [3.8, 4) is 17.2 Å². The number of benzene rings is 3. The van der Waals surface area contributed by atoms with Gasteiger partial charge in [0.15, 0.2) is 0 Å². The number of hydrogen-bond donors (Lipinski definition) is 1. The minimum absolute atomic E-state index is 0.137. The summed E-state index contributed by atoms with van der Waals surface area (Å²) in [5.74, 6) is 2.06. The number of halogens is 1. The predicted molar refractivity (Wildman–Crippen MR) is 155 cm³/mol. The molecule has 4 aromatic rings. The first-order valence-electron chi connectivity index (χ1n) is 12.8. The fourth-order valence-electron chi connectivity index (χ4n) is 4.67. The van der Waals surface area contributed by atoms with Crippen LogP contribution in [0.5, 0.6) is 17.2 Å². The highest BCUT2D eigenvalue weighted by Crippen LogP contribution is 2.27. The Hall–Kier alpha value is -3.21. The van der Waals surface area contributed by atoms with E-state index in [-0.39, 0.29) is 12.6 Å². The monoisotopic (exact) mass is 566 g/mol. The second-order valence-electron chi connectivity index (χ2n) is 9.58. The number of anilines is 1. The molecule has 39 heavy (non-hydrogen) atoms. The Balaban J connectivity index is 1.12. The summed E-state index contributed by atoms with van der Waals surface area (Å²) < 4.78 is 12.8. The number of fused-ring (bicyclic) bond motifs is 1. The normalized spacial score (nSPS) is 17.2. The molecular formula is C29H31ClN4O4S. The molecule has 1 N–H and O–H groups in total. The highest BCUT2D eigenvalue weighted by Gasteiger charge is 2.29. The van der Waals surface area contributed by atoms with Crippen molar-refractivity contribution in [3.05, 3.63) is 76.8 Å². The van der Waals surface area contributed by atoms with Crippen LogP contribution in [0.15, 0.2) is 66.7 Å². The summed E-state index contributed by atoms with van der Waals surface area (Å²) >= 11 is 7.59. The zero-order chi connectivity index (χ0) is 27.4. The Morgan fingerprint density at radius 2 is 1.79 bits per heavy atom. The van der Waals surface area contributed by atoms with Crippen molar-refractivity contribution in [1.82, 2.24) is 14.9 Å². The first-order valence-corrected chi connectivity index (χ1v) is 14.0. The zero-order valence-corrected chi connectivity index (χ0v) is 23.4. The quantitative estimate of drug-likeness (QED) is 0.258. The molecule has 0 saturated carbocycles. The average Bonchev–Trinajstić information content (AvgIpc) is 3.31. The summed E-state index contributed by atoms with van der Waals surface area (Å²) in [5, 5.41) is 16.0. The van der Waals surface area contributed by atoms with Gasteiger partial charge in [0.05, 0.1) is 20.9 Å².